The molecule has 25 heavy (non-hydrogen) atoms. The normalized spacial score (nSPS) is 31.6. The van der Waals surface area contributed by atoms with Gasteiger partial charge in [0.2, 0.25) is 6.29 Å². The smallest absolute Gasteiger partial charge is 0.229 e. The number of rotatable bonds is 3. The number of carbonyl (C=O) groups excluding carboxylic acids is 1. The molecule has 0 amide bonds. The van der Waals surface area contributed by atoms with Crippen molar-refractivity contribution in [2.24, 2.45) is 0 Å². The molecule has 2 heterocycles. The van der Waals surface area contributed by atoms with Crippen LogP contribution < -0.4 is 9.47 Å². The Morgan fingerprint density at radius 3 is 2.60 bits per heavy atom. The summed E-state index contributed by atoms with van der Waals surface area (Å²) < 4.78 is 16.5. The van der Waals surface area contributed by atoms with Gasteiger partial charge in [-0.2, -0.15) is 0 Å². The van der Waals surface area contributed by atoms with E-state index in [9.17, 15) is 20.1 Å². The maximum absolute atomic E-state index is 11.6. The molecule has 1 fully saturated rings. The van der Waals surface area contributed by atoms with Crippen LogP contribution >= 0.6 is 0 Å². The fourth-order valence-corrected chi connectivity index (χ4v) is 2.89. The number of allylic oxidation sites excluding steroid dienone is 2. The summed E-state index contributed by atoms with van der Waals surface area (Å²) in [6.07, 6.45) is -5.37. The fraction of sp³-hybridized carbons (Fsp3) is 0.389. The number of aliphatic hydroxyl groups is 3. The number of aliphatic hydroxyl groups excluding tert-OH is 3. The largest absolute Gasteiger partial charge is 0.462 e. The molecular formula is C18H20O7. The summed E-state index contributed by atoms with van der Waals surface area (Å²) in [5, 5.41) is 29.8. The minimum Gasteiger partial charge on any atom is -0.462 e. The number of Topliss-reactive ketones (excluding diaryl/α,β-unsaturated/α-hetero) is 1. The molecule has 0 saturated carbocycles. The zero-order valence-electron chi connectivity index (χ0n) is 13.9. The summed E-state index contributed by atoms with van der Waals surface area (Å²) >= 11 is 0. The van der Waals surface area contributed by atoms with Crippen molar-refractivity contribution in [3.63, 3.8) is 0 Å². The lowest BCUT2D eigenvalue weighted by molar-refractivity contribution is -0.265. The summed E-state index contributed by atoms with van der Waals surface area (Å²) in [5.74, 6) is 0.872. The van der Waals surface area contributed by atoms with Gasteiger partial charge in [0.25, 0.3) is 0 Å². The summed E-state index contributed by atoms with van der Waals surface area (Å²) in [6, 6.07) is 5.04. The van der Waals surface area contributed by atoms with Crippen LogP contribution in [0.5, 0.6) is 11.5 Å². The number of ketones is 1. The van der Waals surface area contributed by atoms with Crippen LogP contribution in [-0.4, -0.2) is 51.8 Å². The molecular weight excluding hydrogens is 328 g/mol. The first kappa shape index (κ1) is 17.6. The standard InChI is InChI=1S/C18H20O7/c1-8-6-9(2)23-13-7-11(4-5-12(8)13)24-18-16(22)14(20)15(21)17(25-18)10(3)19/h4-7,14-18,20-22H,2H2,1,3H3/t14?,15?,16-,17?,18?/m0/s1. The van der Waals surface area contributed by atoms with E-state index < -0.39 is 36.5 Å². The van der Waals surface area contributed by atoms with Crippen molar-refractivity contribution in [3.8, 4) is 11.5 Å². The first-order valence-electron chi connectivity index (χ1n) is 7.84. The highest BCUT2D eigenvalue weighted by molar-refractivity contribution is 5.81. The first-order chi connectivity index (χ1) is 11.8. The van der Waals surface area contributed by atoms with Crippen LogP contribution in [0, 0.1) is 0 Å². The zero-order chi connectivity index (χ0) is 18.3. The van der Waals surface area contributed by atoms with Gasteiger partial charge >= 0.3 is 0 Å². The van der Waals surface area contributed by atoms with Gasteiger partial charge in [0.05, 0.1) is 0 Å². The lowest BCUT2D eigenvalue weighted by atomic mass is 9.97. The van der Waals surface area contributed by atoms with Crippen LogP contribution in [0.4, 0.5) is 0 Å². The predicted octanol–water partition coefficient (Wildman–Crippen LogP) is 0.771. The van der Waals surface area contributed by atoms with Gasteiger partial charge in [-0.15, -0.1) is 0 Å². The van der Waals surface area contributed by atoms with Crippen LogP contribution in [0.3, 0.4) is 0 Å². The molecule has 4 unspecified atom stereocenters. The minimum atomic E-state index is -1.56. The number of benzene rings is 1. The molecule has 0 aromatic heterocycles. The Morgan fingerprint density at radius 2 is 1.92 bits per heavy atom. The van der Waals surface area contributed by atoms with Crippen molar-refractivity contribution in [3.05, 3.63) is 42.2 Å². The molecule has 7 nitrogen and oxygen atoms in total. The van der Waals surface area contributed by atoms with Crippen molar-refractivity contribution in [1.82, 2.24) is 0 Å². The highest BCUT2D eigenvalue weighted by atomic mass is 16.7. The van der Waals surface area contributed by atoms with Crippen LogP contribution in [-0.2, 0) is 9.53 Å². The van der Waals surface area contributed by atoms with Crippen LogP contribution in [0.1, 0.15) is 19.4 Å². The number of fused-ring (bicyclic) bond motifs is 1. The number of hydrogen-bond acceptors (Lipinski definition) is 7. The van der Waals surface area contributed by atoms with E-state index in [4.69, 9.17) is 14.2 Å². The Labute approximate surface area is 144 Å². The van der Waals surface area contributed by atoms with Crippen molar-refractivity contribution in [2.75, 3.05) is 0 Å². The molecule has 0 aliphatic carbocycles. The lowest BCUT2D eigenvalue weighted by Crippen LogP contribution is -2.60. The Morgan fingerprint density at radius 1 is 1.20 bits per heavy atom. The number of carbonyl (C=O) groups is 1. The summed E-state index contributed by atoms with van der Waals surface area (Å²) in [6.45, 7) is 6.92. The molecule has 1 aromatic rings. The molecule has 134 valence electrons. The molecule has 0 bridgehead atoms. The van der Waals surface area contributed by atoms with Gasteiger partial charge in [0, 0.05) is 11.6 Å². The second-order valence-electron chi connectivity index (χ2n) is 6.18. The Balaban J connectivity index is 1.82. The van der Waals surface area contributed by atoms with Gasteiger partial charge < -0.3 is 29.5 Å². The molecule has 2 aliphatic rings. The summed E-state index contributed by atoms with van der Waals surface area (Å²) in [5.41, 5.74) is 1.86. The van der Waals surface area contributed by atoms with Crippen molar-refractivity contribution >= 4 is 11.4 Å². The third kappa shape index (κ3) is 3.32. The Hall–Kier alpha value is -2.19. The van der Waals surface area contributed by atoms with Crippen molar-refractivity contribution in [2.45, 2.75) is 44.6 Å². The average Bonchev–Trinajstić information content (AvgIpc) is 2.54. The second kappa shape index (κ2) is 6.61. The monoisotopic (exact) mass is 348 g/mol. The third-order valence-corrected chi connectivity index (χ3v) is 4.22. The van der Waals surface area contributed by atoms with Gasteiger partial charge in [-0.3, -0.25) is 4.79 Å². The molecule has 0 radical (unpaired) electrons. The van der Waals surface area contributed by atoms with Gasteiger partial charge in [-0.1, -0.05) is 6.58 Å². The Kier molecular flexibility index (Phi) is 4.66. The van der Waals surface area contributed by atoms with Crippen LogP contribution in [0.2, 0.25) is 0 Å². The molecule has 3 N–H and O–H groups in total. The number of hydrogen-bond donors (Lipinski definition) is 3. The summed E-state index contributed by atoms with van der Waals surface area (Å²) in [4.78, 5) is 11.6. The van der Waals surface area contributed by atoms with E-state index in [0.29, 0.717) is 17.3 Å². The highest BCUT2D eigenvalue weighted by Gasteiger charge is 2.46. The molecule has 1 aromatic carbocycles. The van der Waals surface area contributed by atoms with Crippen LogP contribution in [0.25, 0.3) is 5.57 Å². The number of ether oxygens (including phenoxy) is 3. The third-order valence-electron chi connectivity index (χ3n) is 4.22. The Bertz CT molecular complexity index is 739. The second-order valence-corrected chi connectivity index (χ2v) is 6.18. The van der Waals surface area contributed by atoms with Crippen LogP contribution in [0.15, 0.2) is 36.6 Å². The highest BCUT2D eigenvalue weighted by Crippen LogP contribution is 2.36. The first-order valence-corrected chi connectivity index (χ1v) is 7.84. The fourth-order valence-electron chi connectivity index (χ4n) is 2.89. The van der Waals surface area contributed by atoms with E-state index in [1.807, 2.05) is 13.0 Å². The van der Waals surface area contributed by atoms with E-state index in [2.05, 4.69) is 6.58 Å². The quantitative estimate of drug-likeness (QED) is 0.741. The van der Waals surface area contributed by atoms with E-state index >= 15 is 0 Å². The van der Waals surface area contributed by atoms with Gasteiger partial charge in [-0.25, -0.2) is 0 Å². The zero-order valence-corrected chi connectivity index (χ0v) is 13.9. The molecule has 5 atom stereocenters. The molecule has 3 rings (SSSR count). The maximum atomic E-state index is 11.6. The van der Waals surface area contributed by atoms with E-state index in [-0.39, 0.29) is 0 Å². The lowest BCUT2D eigenvalue weighted by Gasteiger charge is -2.39. The van der Waals surface area contributed by atoms with Crippen molar-refractivity contribution < 1.29 is 34.3 Å². The summed E-state index contributed by atoms with van der Waals surface area (Å²) in [7, 11) is 0. The van der Waals surface area contributed by atoms with Gasteiger partial charge in [0.1, 0.15) is 41.7 Å². The molecule has 7 heteroatoms. The van der Waals surface area contributed by atoms with Crippen molar-refractivity contribution in [1.29, 1.82) is 0 Å². The van der Waals surface area contributed by atoms with Gasteiger partial charge in [-0.05, 0) is 37.6 Å². The average molecular weight is 348 g/mol. The molecule has 2 aliphatic heterocycles. The molecule has 1 saturated heterocycles. The SMILES string of the molecule is C=C1C=C(C)c2ccc(OC3OC(C(C)=O)C(O)C(O)[C@@H]3O)cc2O1. The van der Waals surface area contributed by atoms with Gasteiger partial charge in [0.15, 0.2) is 5.78 Å². The topological polar surface area (TPSA) is 105 Å². The van der Waals surface area contributed by atoms with E-state index in [1.165, 1.54) is 6.92 Å². The minimum absolute atomic E-state index is 0.316. The molecule has 0 spiro atoms. The maximum Gasteiger partial charge on any atom is 0.229 e. The van der Waals surface area contributed by atoms with E-state index in [0.717, 1.165) is 11.1 Å². The van der Waals surface area contributed by atoms with E-state index in [1.54, 1.807) is 18.2 Å². The predicted molar refractivity (Wildman–Crippen MR) is 87.9 cm³/mol.